The normalized spacial score (nSPS) is 11.2. The molecule has 25 heavy (non-hydrogen) atoms. The highest BCUT2D eigenvalue weighted by molar-refractivity contribution is 7.98. The van der Waals surface area contributed by atoms with Crippen LogP contribution < -0.4 is 9.04 Å². The van der Waals surface area contributed by atoms with Gasteiger partial charge in [-0.15, -0.1) is 11.8 Å². The summed E-state index contributed by atoms with van der Waals surface area (Å²) in [7, 11) is -2.64. The van der Waals surface area contributed by atoms with Crippen LogP contribution in [0.5, 0.6) is 5.75 Å². The van der Waals surface area contributed by atoms with E-state index in [1.165, 1.54) is 49.2 Å². The summed E-state index contributed by atoms with van der Waals surface area (Å²) < 4.78 is 31.7. The van der Waals surface area contributed by atoms with Gasteiger partial charge in [0.1, 0.15) is 12.3 Å². The van der Waals surface area contributed by atoms with Crippen molar-refractivity contribution in [1.29, 1.82) is 0 Å². The summed E-state index contributed by atoms with van der Waals surface area (Å²) >= 11 is 7.52. The smallest absolute Gasteiger partial charge is 0.324 e. The van der Waals surface area contributed by atoms with Crippen LogP contribution in [0.25, 0.3) is 0 Å². The molecule has 0 spiro atoms. The number of sulfonamides is 1. The Morgan fingerprint density at radius 3 is 2.36 bits per heavy atom. The average molecular weight is 402 g/mol. The lowest BCUT2D eigenvalue weighted by molar-refractivity contribution is -0.135. The Kier molecular flexibility index (Phi) is 6.21. The molecule has 0 saturated heterocycles. The minimum absolute atomic E-state index is 0.00140. The van der Waals surface area contributed by atoms with Crippen molar-refractivity contribution < 1.29 is 23.1 Å². The molecular formula is C16H16ClNO5S2. The molecule has 0 radical (unpaired) electrons. The van der Waals surface area contributed by atoms with Crippen LogP contribution in [-0.2, 0) is 14.8 Å². The van der Waals surface area contributed by atoms with E-state index in [1.54, 1.807) is 12.1 Å². The van der Waals surface area contributed by atoms with E-state index >= 15 is 0 Å². The number of carbonyl (C=O) groups is 1. The quantitative estimate of drug-likeness (QED) is 0.716. The third-order valence-corrected chi connectivity index (χ3v) is 6.18. The van der Waals surface area contributed by atoms with Crippen LogP contribution in [0.2, 0.25) is 5.02 Å². The molecule has 9 heteroatoms. The zero-order valence-electron chi connectivity index (χ0n) is 13.5. The van der Waals surface area contributed by atoms with Crippen LogP contribution in [0.1, 0.15) is 0 Å². The van der Waals surface area contributed by atoms with Crippen LogP contribution in [0.4, 0.5) is 5.69 Å². The number of rotatable bonds is 7. The van der Waals surface area contributed by atoms with Gasteiger partial charge in [-0.25, -0.2) is 8.42 Å². The van der Waals surface area contributed by atoms with E-state index in [1.807, 2.05) is 6.26 Å². The lowest BCUT2D eigenvalue weighted by Gasteiger charge is -2.23. The van der Waals surface area contributed by atoms with Gasteiger partial charge in [-0.1, -0.05) is 11.6 Å². The SMILES string of the molecule is COc1ccc(N(CC(=O)O)S(=O)(=O)c2ccc(SC)cc2)cc1Cl. The molecule has 0 atom stereocenters. The summed E-state index contributed by atoms with van der Waals surface area (Å²) in [6.07, 6.45) is 1.87. The van der Waals surface area contributed by atoms with Crippen molar-refractivity contribution in [2.45, 2.75) is 9.79 Å². The van der Waals surface area contributed by atoms with Gasteiger partial charge in [0.05, 0.1) is 22.7 Å². The standard InChI is InChI=1S/C16H16ClNO5S2/c1-23-15-8-3-11(9-14(15)17)18(10-16(19)20)25(21,22)13-6-4-12(24-2)5-7-13/h3-9H,10H2,1-2H3,(H,19,20). The predicted molar refractivity (Wildman–Crippen MR) is 98.4 cm³/mol. The van der Waals surface area contributed by atoms with E-state index in [0.29, 0.717) is 5.75 Å². The fourth-order valence-electron chi connectivity index (χ4n) is 2.12. The minimum Gasteiger partial charge on any atom is -0.495 e. The summed E-state index contributed by atoms with van der Waals surface area (Å²) in [5.41, 5.74) is 0.141. The third-order valence-electron chi connectivity index (χ3n) is 3.35. The Bertz CT molecular complexity index is 869. The zero-order valence-corrected chi connectivity index (χ0v) is 15.9. The number of hydrogen-bond donors (Lipinski definition) is 1. The van der Waals surface area contributed by atoms with Gasteiger partial charge in [0.15, 0.2) is 0 Å². The van der Waals surface area contributed by atoms with Crippen molar-refractivity contribution in [3.63, 3.8) is 0 Å². The summed E-state index contributed by atoms with van der Waals surface area (Å²) in [6, 6.07) is 10.5. The molecule has 134 valence electrons. The zero-order chi connectivity index (χ0) is 18.6. The first-order valence-corrected chi connectivity index (χ1v) is 10.1. The first-order valence-electron chi connectivity index (χ1n) is 7.01. The molecule has 0 aliphatic rings. The number of nitrogens with zero attached hydrogens (tertiary/aromatic N) is 1. The average Bonchev–Trinajstić information content (AvgIpc) is 2.59. The van der Waals surface area contributed by atoms with Crippen molar-refractivity contribution >= 4 is 45.0 Å². The van der Waals surface area contributed by atoms with Gasteiger partial charge < -0.3 is 9.84 Å². The van der Waals surface area contributed by atoms with E-state index in [-0.39, 0.29) is 15.6 Å². The summed E-state index contributed by atoms with van der Waals surface area (Å²) in [6.45, 7) is -0.727. The third kappa shape index (κ3) is 4.39. The van der Waals surface area contributed by atoms with Gasteiger partial charge in [0.2, 0.25) is 0 Å². The van der Waals surface area contributed by atoms with Gasteiger partial charge in [-0.3, -0.25) is 9.10 Å². The highest BCUT2D eigenvalue weighted by Gasteiger charge is 2.27. The summed E-state index contributed by atoms with van der Waals surface area (Å²) in [5.74, 6) is -0.918. The van der Waals surface area contributed by atoms with Gasteiger partial charge >= 0.3 is 5.97 Å². The fraction of sp³-hybridized carbons (Fsp3) is 0.188. The van der Waals surface area contributed by atoms with Crippen molar-refractivity contribution in [2.75, 3.05) is 24.2 Å². The largest absolute Gasteiger partial charge is 0.495 e. The second kappa shape index (κ2) is 7.99. The molecule has 0 aromatic heterocycles. The highest BCUT2D eigenvalue weighted by atomic mass is 35.5. The second-order valence-electron chi connectivity index (χ2n) is 4.90. The summed E-state index contributed by atoms with van der Waals surface area (Å²) in [5, 5.41) is 9.32. The Labute approximate surface area is 155 Å². The molecule has 2 rings (SSSR count). The Morgan fingerprint density at radius 1 is 1.24 bits per heavy atom. The first-order chi connectivity index (χ1) is 11.8. The predicted octanol–water partition coefficient (Wildman–Crippen LogP) is 3.35. The maximum atomic E-state index is 12.9. The van der Waals surface area contributed by atoms with Crippen molar-refractivity contribution in [1.82, 2.24) is 0 Å². The number of ether oxygens (including phenoxy) is 1. The number of hydrogen-bond acceptors (Lipinski definition) is 5. The topological polar surface area (TPSA) is 83.9 Å². The molecule has 0 saturated carbocycles. The lowest BCUT2D eigenvalue weighted by Crippen LogP contribution is -2.35. The number of thioether (sulfide) groups is 1. The van der Waals surface area contributed by atoms with Crippen LogP contribution in [0.15, 0.2) is 52.3 Å². The van der Waals surface area contributed by atoms with E-state index in [9.17, 15) is 13.2 Å². The molecule has 2 aromatic carbocycles. The molecule has 6 nitrogen and oxygen atoms in total. The fourth-order valence-corrected chi connectivity index (χ4v) is 4.19. The number of carboxylic acid groups (broad SMARTS) is 1. The molecule has 0 fully saturated rings. The number of aliphatic carboxylic acids is 1. The molecule has 2 aromatic rings. The van der Waals surface area contributed by atoms with Crippen LogP contribution >= 0.6 is 23.4 Å². The number of benzene rings is 2. The van der Waals surface area contributed by atoms with Gasteiger partial charge in [-0.05, 0) is 48.7 Å². The van der Waals surface area contributed by atoms with Crippen LogP contribution in [0, 0.1) is 0 Å². The number of halogens is 1. The number of anilines is 1. The van der Waals surface area contributed by atoms with Crippen molar-refractivity contribution in [2.24, 2.45) is 0 Å². The van der Waals surface area contributed by atoms with Gasteiger partial charge in [0, 0.05) is 4.90 Å². The Morgan fingerprint density at radius 2 is 1.88 bits per heavy atom. The van der Waals surface area contributed by atoms with E-state index in [2.05, 4.69) is 0 Å². The second-order valence-corrected chi connectivity index (χ2v) is 8.05. The molecule has 1 N–H and O–H groups in total. The minimum atomic E-state index is -4.07. The van der Waals surface area contributed by atoms with Gasteiger partial charge in [-0.2, -0.15) is 0 Å². The highest BCUT2D eigenvalue weighted by Crippen LogP contribution is 2.32. The van der Waals surface area contributed by atoms with E-state index in [4.69, 9.17) is 21.4 Å². The maximum Gasteiger partial charge on any atom is 0.324 e. The Hall–Kier alpha value is -1.90. The molecule has 0 aliphatic carbocycles. The van der Waals surface area contributed by atoms with Crippen LogP contribution in [-0.4, -0.2) is 39.4 Å². The molecule has 0 bridgehead atoms. The number of methoxy groups -OCH3 is 1. The summed E-state index contributed by atoms with van der Waals surface area (Å²) in [4.78, 5) is 12.1. The monoisotopic (exact) mass is 401 g/mol. The van der Waals surface area contributed by atoms with Crippen LogP contribution in [0.3, 0.4) is 0 Å². The number of carboxylic acids is 1. The van der Waals surface area contributed by atoms with E-state index in [0.717, 1.165) is 9.20 Å². The van der Waals surface area contributed by atoms with Gasteiger partial charge in [0.25, 0.3) is 10.0 Å². The molecule has 0 aliphatic heterocycles. The molecular weight excluding hydrogens is 386 g/mol. The molecule has 0 heterocycles. The van der Waals surface area contributed by atoms with Crippen molar-refractivity contribution in [3.8, 4) is 5.75 Å². The first kappa shape index (κ1) is 19.4. The molecule has 0 unspecified atom stereocenters. The maximum absolute atomic E-state index is 12.9. The Balaban J connectivity index is 2.51. The lowest BCUT2D eigenvalue weighted by atomic mass is 10.3. The van der Waals surface area contributed by atoms with Crippen molar-refractivity contribution in [3.05, 3.63) is 47.5 Å². The van der Waals surface area contributed by atoms with E-state index < -0.39 is 22.5 Å². The molecule has 0 amide bonds.